The van der Waals surface area contributed by atoms with Gasteiger partial charge in [-0.3, -0.25) is 0 Å². The molecule has 0 radical (unpaired) electrons. The molecule has 69 heavy (non-hydrogen) atoms. The summed E-state index contributed by atoms with van der Waals surface area (Å²) in [5.41, 5.74) is 22.0. The number of fused-ring (bicyclic) bond motifs is 19. The van der Waals surface area contributed by atoms with Crippen LogP contribution in [0, 0.1) is 0 Å². The van der Waals surface area contributed by atoms with E-state index in [2.05, 4.69) is 199 Å². The monoisotopic (exact) mass is 878 g/mol. The maximum absolute atomic E-state index is 5.35. The van der Waals surface area contributed by atoms with Crippen LogP contribution in [0.1, 0.15) is 62.2 Å². The van der Waals surface area contributed by atoms with Crippen LogP contribution < -0.4 is 0 Å². The normalized spacial score (nSPS) is 16.1. The van der Waals surface area contributed by atoms with Gasteiger partial charge in [0.1, 0.15) is 0 Å². The largest absolute Gasteiger partial charge is 0.313 e. The summed E-state index contributed by atoms with van der Waals surface area (Å²) in [6.07, 6.45) is 6.72. The van der Waals surface area contributed by atoms with Crippen LogP contribution in [0.4, 0.5) is 0 Å². The first-order valence-corrected chi connectivity index (χ1v) is 24.1. The summed E-state index contributed by atoms with van der Waals surface area (Å²) >= 11 is 0. The van der Waals surface area contributed by atoms with E-state index in [1.165, 1.54) is 94.6 Å². The van der Waals surface area contributed by atoms with E-state index in [9.17, 15) is 0 Å². The van der Waals surface area contributed by atoms with Gasteiger partial charge in [0, 0.05) is 39.0 Å². The quantitative estimate of drug-likeness (QED) is 0.177. The first-order valence-electron chi connectivity index (χ1n) is 24.1. The molecule has 9 aromatic carbocycles. The second-order valence-corrected chi connectivity index (χ2v) is 18.9. The van der Waals surface area contributed by atoms with Crippen molar-refractivity contribution >= 4 is 17.0 Å². The molecular formula is C65H42N4. The molecule has 4 aliphatic rings. The van der Waals surface area contributed by atoms with Crippen LogP contribution in [0.15, 0.2) is 224 Å². The molecule has 0 fully saturated rings. The highest BCUT2D eigenvalue weighted by Gasteiger charge is 2.59. The summed E-state index contributed by atoms with van der Waals surface area (Å²) in [7, 11) is 0. The Hall–Kier alpha value is -8.73. The maximum Gasteiger partial charge on any atom is 0.164 e. The molecule has 11 aromatic rings. The van der Waals surface area contributed by atoms with E-state index in [4.69, 9.17) is 15.0 Å². The molecule has 2 spiro atoms. The number of rotatable bonds is 4. The smallest absolute Gasteiger partial charge is 0.164 e. The maximum atomic E-state index is 5.35. The molecule has 1 atom stereocenters. The number of hydrogen-bond donors (Lipinski definition) is 0. The van der Waals surface area contributed by atoms with Gasteiger partial charge in [-0.25, -0.2) is 15.0 Å². The van der Waals surface area contributed by atoms with Crippen molar-refractivity contribution in [3.8, 4) is 62.1 Å². The van der Waals surface area contributed by atoms with Crippen LogP contribution in [0.3, 0.4) is 0 Å². The van der Waals surface area contributed by atoms with Crippen LogP contribution >= 0.6 is 0 Å². The average Bonchev–Trinajstić information content (AvgIpc) is 4.02. The predicted molar refractivity (Wildman–Crippen MR) is 278 cm³/mol. The second kappa shape index (κ2) is 14.4. The summed E-state index contributed by atoms with van der Waals surface area (Å²) in [4.78, 5) is 15.8. The topological polar surface area (TPSA) is 43.6 Å². The summed E-state index contributed by atoms with van der Waals surface area (Å²) in [5, 5.41) is 1.29. The van der Waals surface area contributed by atoms with E-state index >= 15 is 0 Å². The minimum atomic E-state index is -0.723. The van der Waals surface area contributed by atoms with Gasteiger partial charge in [-0.2, -0.15) is 0 Å². The van der Waals surface area contributed by atoms with E-state index in [0.717, 1.165) is 29.5 Å². The molecule has 2 heterocycles. The summed E-state index contributed by atoms with van der Waals surface area (Å²) in [6.45, 7) is 0. The molecule has 0 saturated carbocycles. The Morgan fingerprint density at radius 2 is 0.826 bits per heavy atom. The molecule has 15 rings (SSSR count). The van der Waals surface area contributed by atoms with Gasteiger partial charge >= 0.3 is 0 Å². The molecule has 4 heteroatoms. The van der Waals surface area contributed by atoms with Gasteiger partial charge in [0.25, 0.3) is 0 Å². The summed E-state index contributed by atoms with van der Waals surface area (Å²) in [5.74, 6) is 1.93. The molecular weight excluding hydrogens is 837 g/mol. The van der Waals surface area contributed by atoms with Crippen molar-refractivity contribution in [2.45, 2.75) is 23.7 Å². The van der Waals surface area contributed by atoms with Crippen LogP contribution in [-0.2, 0) is 17.3 Å². The van der Waals surface area contributed by atoms with Gasteiger partial charge in [-0.15, -0.1) is 0 Å². The van der Waals surface area contributed by atoms with Gasteiger partial charge < -0.3 is 4.57 Å². The molecule has 0 saturated heterocycles. The lowest BCUT2D eigenvalue weighted by molar-refractivity contribution is 0.633. The lowest BCUT2D eigenvalue weighted by Crippen LogP contribution is -2.43. The third-order valence-electron chi connectivity index (χ3n) is 15.6. The van der Waals surface area contributed by atoms with E-state index < -0.39 is 10.8 Å². The molecule has 1 unspecified atom stereocenters. The predicted octanol–water partition coefficient (Wildman–Crippen LogP) is 14.8. The standard InChI is InChI=1S/C65H42N4/c1-4-20-41(21-5-1)61-66-62(42-22-6-2-7-23-42)68-63(67-61)43-36-37-56-58(38-43)65(55-34-18-17-33-54(55)64(56)51-30-14-10-26-45(51)46-27-11-15-31-52(46)64)53-32-16-12-28-47(53)49-39-50-48-29-13-19-35-59(48)69(60(50)40-57(49)65)44-24-8-3-9-25-44/h1-18,20-34,36-40H,19,35H2. The van der Waals surface area contributed by atoms with E-state index in [1.807, 2.05) is 36.4 Å². The van der Waals surface area contributed by atoms with Gasteiger partial charge in [-0.05, 0) is 110 Å². The summed E-state index contributed by atoms with van der Waals surface area (Å²) in [6, 6.07) is 80.5. The van der Waals surface area contributed by atoms with Gasteiger partial charge in [-0.1, -0.05) is 200 Å². The highest BCUT2D eigenvalue weighted by molar-refractivity contribution is 6.02. The van der Waals surface area contributed by atoms with E-state index in [-0.39, 0.29) is 0 Å². The van der Waals surface area contributed by atoms with Gasteiger partial charge in [0.2, 0.25) is 0 Å². The highest BCUT2D eigenvalue weighted by atomic mass is 15.0. The zero-order valence-corrected chi connectivity index (χ0v) is 37.6. The fraction of sp³-hybridized carbons (Fsp3) is 0.0615. The lowest BCUT2D eigenvalue weighted by Gasteiger charge is -2.49. The molecule has 4 nitrogen and oxygen atoms in total. The third kappa shape index (κ3) is 5.10. The summed E-state index contributed by atoms with van der Waals surface area (Å²) < 4.78 is 2.54. The number of hydrogen-bond acceptors (Lipinski definition) is 3. The van der Waals surface area contributed by atoms with Crippen LogP contribution in [0.2, 0.25) is 0 Å². The van der Waals surface area contributed by atoms with E-state index in [1.54, 1.807) is 0 Å². The van der Waals surface area contributed by atoms with Crippen LogP contribution in [-0.4, -0.2) is 19.5 Å². The van der Waals surface area contributed by atoms with Crippen molar-refractivity contribution < 1.29 is 0 Å². The van der Waals surface area contributed by atoms with Crippen molar-refractivity contribution in [1.82, 2.24) is 19.5 Å². The number of nitrogens with zero attached hydrogens (tertiary/aromatic N) is 4. The van der Waals surface area contributed by atoms with E-state index in [0.29, 0.717) is 17.5 Å². The minimum Gasteiger partial charge on any atom is -0.313 e. The molecule has 2 aromatic heterocycles. The first kappa shape index (κ1) is 38.4. The Morgan fingerprint density at radius 1 is 0.362 bits per heavy atom. The third-order valence-corrected chi connectivity index (χ3v) is 15.6. The Bertz CT molecular complexity index is 3860. The van der Waals surface area contributed by atoms with Crippen molar-refractivity contribution in [2.75, 3.05) is 0 Å². The van der Waals surface area contributed by atoms with Crippen LogP contribution in [0.25, 0.3) is 79.1 Å². The highest BCUT2D eigenvalue weighted by Crippen LogP contribution is 2.68. The Kier molecular flexibility index (Phi) is 8.00. The Balaban J connectivity index is 1.10. The van der Waals surface area contributed by atoms with Crippen molar-refractivity contribution in [3.05, 3.63) is 280 Å². The molecule has 0 amide bonds. The number of para-hydroxylation sites is 1. The van der Waals surface area contributed by atoms with Gasteiger partial charge in [0.15, 0.2) is 17.5 Å². The molecule has 0 aliphatic heterocycles. The molecule has 322 valence electrons. The Labute approximate surface area is 400 Å². The fourth-order valence-electron chi connectivity index (χ4n) is 12.9. The van der Waals surface area contributed by atoms with Crippen molar-refractivity contribution in [1.29, 1.82) is 0 Å². The average molecular weight is 879 g/mol. The zero-order chi connectivity index (χ0) is 45.3. The molecule has 0 bridgehead atoms. The zero-order valence-electron chi connectivity index (χ0n) is 37.6. The van der Waals surface area contributed by atoms with Crippen molar-refractivity contribution in [3.63, 3.8) is 0 Å². The second-order valence-electron chi connectivity index (χ2n) is 18.9. The number of aromatic nitrogens is 4. The Morgan fingerprint density at radius 3 is 1.41 bits per heavy atom. The molecule has 4 aliphatic carbocycles. The van der Waals surface area contributed by atoms with Crippen LogP contribution in [0.5, 0.6) is 0 Å². The fourth-order valence-corrected chi connectivity index (χ4v) is 12.9. The molecule has 0 N–H and O–H groups in total. The first-order chi connectivity index (χ1) is 34.2. The SMILES string of the molecule is C1=Cc2c(n(-c3ccccc3)c3cc4c(cc23)-c2ccccc2C42c3ccccc3C3(c4ccccc4-c4ccccc43)c3ccc(-c4nc(-c5ccccc5)nc(-c5ccccc5)n4)cc32)CC1. The number of benzene rings is 9. The minimum absolute atomic E-state index is 0.609. The lowest BCUT2D eigenvalue weighted by atomic mass is 9.52. The van der Waals surface area contributed by atoms with Crippen molar-refractivity contribution in [2.24, 2.45) is 0 Å². The number of allylic oxidation sites excluding steroid dienone is 1. The van der Waals surface area contributed by atoms with Gasteiger partial charge in [0.05, 0.1) is 16.3 Å².